The molecule has 1 amide bonds. The summed E-state index contributed by atoms with van der Waals surface area (Å²) >= 11 is 0. The largest absolute Gasteiger partial charge is 0.489 e. The van der Waals surface area contributed by atoms with Crippen LogP contribution in [-0.2, 0) is 17.8 Å². The molecule has 20 heavy (non-hydrogen) atoms. The van der Waals surface area contributed by atoms with Crippen LogP contribution in [0.5, 0.6) is 5.75 Å². The van der Waals surface area contributed by atoms with Gasteiger partial charge in [0.15, 0.2) is 0 Å². The van der Waals surface area contributed by atoms with E-state index in [9.17, 15) is 4.79 Å². The minimum absolute atomic E-state index is 0.200. The van der Waals surface area contributed by atoms with Gasteiger partial charge in [0.1, 0.15) is 12.4 Å². The molecule has 0 saturated carbocycles. The Morgan fingerprint density at radius 2 is 1.85 bits per heavy atom. The summed E-state index contributed by atoms with van der Waals surface area (Å²) in [5.74, 6) is 5.71. The first-order valence-corrected chi connectivity index (χ1v) is 6.44. The number of aryl methyl sites for hydroxylation is 1. The molecule has 0 fully saturated rings. The normalized spacial score (nSPS) is 10.1. The highest BCUT2D eigenvalue weighted by atomic mass is 16.5. The number of ether oxygens (including phenoxy) is 1. The summed E-state index contributed by atoms with van der Waals surface area (Å²) in [6.07, 6.45) is 0.287. The van der Waals surface area contributed by atoms with Gasteiger partial charge in [-0.3, -0.25) is 10.2 Å². The summed E-state index contributed by atoms with van der Waals surface area (Å²) in [7, 11) is 0. The molecule has 2 rings (SSSR count). The lowest BCUT2D eigenvalue weighted by molar-refractivity contribution is -0.120. The number of hydrogen-bond acceptors (Lipinski definition) is 3. The molecular formula is C16H18N2O2. The Hall–Kier alpha value is -2.33. The van der Waals surface area contributed by atoms with Crippen molar-refractivity contribution in [3.8, 4) is 5.75 Å². The Morgan fingerprint density at radius 3 is 2.50 bits per heavy atom. The van der Waals surface area contributed by atoms with Gasteiger partial charge in [0.05, 0.1) is 6.42 Å². The number of hydrazine groups is 1. The summed E-state index contributed by atoms with van der Waals surface area (Å²) in [6.45, 7) is 2.54. The lowest BCUT2D eigenvalue weighted by atomic mass is 10.1. The molecule has 0 heterocycles. The van der Waals surface area contributed by atoms with Gasteiger partial charge in [0.25, 0.3) is 0 Å². The third-order valence-corrected chi connectivity index (χ3v) is 2.94. The van der Waals surface area contributed by atoms with Gasteiger partial charge in [-0.25, -0.2) is 5.84 Å². The van der Waals surface area contributed by atoms with Crippen LogP contribution in [0.25, 0.3) is 0 Å². The minimum Gasteiger partial charge on any atom is -0.489 e. The lowest BCUT2D eigenvalue weighted by Crippen LogP contribution is -2.31. The van der Waals surface area contributed by atoms with Crippen LogP contribution in [-0.4, -0.2) is 5.91 Å². The van der Waals surface area contributed by atoms with Crippen molar-refractivity contribution in [2.24, 2.45) is 5.84 Å². The van der Waals surface area contributed by atoms with Crippen molar-refractivity contribution < 1.29 is 9.53 Å². The first kappa shape index (κ1) is 14.1. The van der Waals surface area contributed by atoms with Gasteiger partial charge in [0.2, 0.25) is 5.91 Å². The molecule has 104 valence electrons. The predicted octanol–water partition coefficient (Wildman–Crippen LogP) is 2.11. The molecule has 0 unspecified atom stereocenters. The van der Waals surface area contributed by atoms with Gasteiger partial charge < -0.3 is 4.74 Å². The van der Waals surface area contributed by atoms with Crippen LogP contribution in [0.15, 0.2) is 48.5 Å². The standard InChI is InChI=1S/C16H18N2O2/c1-12-3-2-4-15(9-12)20-11-14-7-5-13(6-8-14)10-16(19)18-17/h2-9H,10-11,17H2,1H3,(H,18,19). The van der Waals surface area contributed by atoms with Crippen LogP contribution in [0.1, 0.15) is 16.7 Å². The molecule has 4 nitrogen and oxygen atoms in total. The van der Waals surface area contributed by atoms with Gasteiger partial charge in [-0.15, -0.1) is 0 Å². The zero-order valence-electron chi connectivity index (χ0n) is 11.4. The van der Waals surface area contributed by atoms with Crippen LogP contribution in [0, 0.1) is 6.92 Å². The van der Waals surface area contributed by atoms with E-state index in [1.54, 1.807) is 0 Å². The molecule has 0 aliphatic heterocycles. The average Bonchev–Trinajstić information content (AvgIpc) is 2.46. The van der Waals surface area contributed by atoms with Crippen molar-refractivity contribution in [1.82, 2.24) is 5.43 Å². The van der Waals surface area contributed by atoms with Gasteiger partial charge in [-0.2, -0.15) is 0 Å². The molecule has 4 heteroatoms. The van der Waals surface area contributed by atoms with Gasteiger partial charge in [-0.1, -0.05) is 36.4 Å². The highest BCUT2D eigenvalue weighted by Crippen LogP contribution is 2.15. The van der Waals surface area contributed by atoms with Crippen molar-refractivity contribution in [1.29, 1.82) is 0 Å². The summed E-state index contributed by atoms with van der Waals surface area (Å²) < 4.78 is 5.72. The van der Waals surface area contributed by atoms with Gasteiger partial charge >= 0.3 is 0 Å². The van der Waals surface area contributed by atoms with E-state index in [0.717, 1.165) is 16.9 Å². The molecule has 0 saturated heterocycles. The van der Waals surface area contributed by atoms with Gasteiger partial charge in [0, 0.05) is 0 Å². The van der Waals surface area contributed by atoms with Crippen LogP contribution in [0.4, 0.5) is 0 Å². The smallest absolute Gasteiger partial charge is 0.238 e. The molecule has 0 radical (unpaired) electrons. The highest BCUT2D eigenvalue weighted by Gasteiger charge is 2.02. The van der Waals surface area contributed by atoms with Crippen LogP contribution < -0.4 is 16.0 Å². The SMILES string of the molecule is Cc1cccc(OCc2ccc(CC(=O)NN)cc2)c1. The van der Waals surface area contributed by atoms with E-state index >= 15 is 0 Å². The number of rotatable bonds is 5. The number of carbonyl (C=O) groups is 1. The summed E-state index contributed by atoms with van der Waals surface area (Å²) in [5, 5.41) is 0. The van der Waals surface area contributed by atoms with Crippen molar-refractivity contribution in [2.75, 3.05) is 0 Å². The highest BCUT2D eigenvalue weighted by molar-refractivity contribution is 5.77. The Morgan fingerprint density at radius 1 is 1.15 bits per heavy atom. The second kappa shape index (κ2) is 6.73. The Kier molecular flexibility index (Phi) is 4.74. The van der Waals surface area contributed by atoms with E-state index in [2.05, 4.69) is 5.43 Å². The van der Waals surface area contributed by atoms with E-state index in [1.807, 2.05) is 55.5 Å². The number of hydrogen-bond donors (Lipinski definition) is 2. The molecule has 2 aromatic carbocycles. The quantitative estimate of drug-likeness (QED) is 0.497. The van der Waals surface area contributed by atoms with Crippen molar-refractivity contribution in [3.63, 3.8) is 0 Å². The summed E-state index contributed by atoms with van der Waals surface area (Å²) in [4.78, 5) is 11.1. The van der Waals surface area contributed by atoms with Crippen molar-refractivity contribution in [3.05, 3.63) is 65.2 Å². The second-order valence-electron chi connectivity index (χ2n) is 4.67. The molecule has 0 bridgehead atoms. The lowest BCUT2D eigenvalue weighted by Gasteiger charge is -2.07. The molecule has 0 aliphatic carbocycles. The molecular weight excluding hydrogens is 252 g/mol. The third kappa shape index (κ3) is 4.10. The van der Waals surface area contributed by atoms with Crippen LogP contribution in [0.2, 0.25) is 0 Å². The average molecular weight is 270 g/mol. The first-order chi connectivity index (χ1) is 9.67. The molecule has 2 aromatic rings. The topological polar surface area (TPSA) is 64.3 Å². The number of nitrogens with two attached hydrogens (primary N) is 1. The predicted molar refractivity (Wildman–Crippen MR) is 78.0 cm³/mol. The fourth-order valence-corrected chi connectivity index (χ4v) is 1.86. The van der Waals surface area contributed by atoms with E-state index in [1.165, 1.54) is 5.56 Å². The van der Waals surface area contributed by atoms with Crippen molar-refractivity contribution >= 4 is 5.91 Å². The fraction of sp³-hybridized carbons (Fsp3) is 0.188. The van der Waals surface area contributed by atoms with E-state index in [4.69, 9.17) is 10.6 Å². The van der Waals surface area contributed by atoms with Gasteiger partial charge in [-0.05, 0) is 35.7 Å². The number of nitrogens with one attached hydrogen (secondary N) is 1. The van der Waals surface area contributed by atoms with E-state index in [0.29, 0.717) is 6.61 Å². The monoisotopic (exact) mass is 270 g/mol. The Labute approximate surface area is 118 Å². The second-order valence-corrected chi connectivity index (χ2v) is 4.67. The number of benzene rings is 2. The third-order valence-electron chi connectivity index (χ3n) is 2.94. The fourth-order valence-electron chi connectivity index (χ4n) is 1.86. The molecule has 3 N–H and O–H groups in total. The van der Waals surface area contributed by atoms with E-state index in [-0.39, 0.29) is 12.3 Å². The summed E-state index contributed by atoms with van der Waals surface area (Å²) in [6, 6.07) is 15.7. The Bertz CT molecular complexity index is 579. The Balaban J connectivity index is 1.92. The molecule has 0 atom stereocenters. The number of amides is 1. The van der Waals surface area contributed by atoms with Crippen LogP contribution in [0.3, 0.4) is 0 Å². The molecule has 0 aliphatic rings. The maximum atomic E-state index is 11.1. The molecule has 0 spiro atoms. The maximum absolute atomic E-state index is 11.1. The van der Waals surface area contributed by atoms with Crippen LogP contribution >= 0.6 is 0 Å². The van der Waals surface area contributed by atoms with Crippen molar-refractivity contribution in [2.45, 2.75) is 20.0 Å². The maximum Gasteiger partial charge on any atom is 0.238 e. The number of carbonyl (C=O) groups excluding carboxylic acids is 1. The zero-order valence-corrected chi connectivity index (χ0v) is 11.4. The first-order valence-electron chi connectivity index (χ1n) is 6.44. The minimum atomic E-state index is -0.200. The van der Waals surface area contributed by atoms with E-state index < -0.39 is 0 Å². The summed E-state index contributed by atoms with van der Waals surface area (Å²) in [5.41, 5.74) is 5.27. The molecule has 0 aromatic heterocycles. The zero-order chi connectivity index (χ0) is 14.4.